The molecule has 2 aromatic rings. The number of oxazole rings is 1. The number of pyridine rings is 1. The van der Waals surface area contributed by atoms with Crippen LogP contribution < -0.4 is 10.2 Å². The first kappa shape index (κ1) is 18.2. The van der Waals surface area contributed by atoms with Gasteiger partial charge < -0.3 is 19.5 Å². The maximum atomic E-state index is 5.84. The lowest BCUT2D eigenvalue weighted by molar-refractivity contribution is 0.359. The molecule has 26 heavy (non-hydrogen) atoms. The van der Waals surface area contributed by atoms with E-state index in [1.165, 1.54) is 0 Å². The van der Waals surface area contributed by atoms with E-state index in [1.807, 2.05) is 31.6 Å². The number of hydrogen-bond acceptors (Lipinski definition) is 5. The quantitative estimate of drug-likeness (QED) is 0.672. The van der Waals surface area contributed by atoms with Crippen molar-refractivity contribution in [2.45, 2.75) is 32.7 Å². The van der Waals surface area contributed by atoms with Gasteiger partial charge in [-0.2, -0.15) is 0 Å². The van der Waals surface area contributed by atoms with Crippen molar-refractivity contribution in [2.75, 3.05) is 38.1 Å². The van der Waals surface area contributed by atoms with Crippen molar-refractivity contribution in [1.29, 1.82) is 0 Å². The minimum absolute atomic E-state index is 0.0330. The van der Waals surface area contributed by atoms with E-state index in [9.17, 15) is 0 Å². The number of aromatic nitrogens is 2. The molecular weight excluding hydrogens is 328 g/mol. The fourth-order valence-electron chi connectivity index (χ4n) is 2.91. The molecule has 0 radical (unpaired) electrons. The monoisotopic (exact) mass is 356 g/mol. The fraction of sp³-hybridized carbons (Fsp3) is 0.526. The maximum Gasteiger partial charge on any atom is 0.213 e. The van der Waals surface area contributed by atoms with E-state index in [1.54, 1.807) is 0 Å². The van der Waals surface area contributed by atoms with Crippen LogP contribution in [-0.4, -0.2) is 54.1 Å². The molecule has 1 aliphatic rings. The summed E-state index contributed by atoms with van der Waals surface area (Å²) in [5.41, 5.74) is -0.0330. The van der Waals surface area contributed by atoms with Gasteiger partial charge in [-0.1, -0.05) is 26.8 Å². The maximum absolute atomic E-state index is 5.84. The largest absolute Gasteiger partial charge is 0.443 e. The van der Waals surface area contributed by atoms with Crippen LogP contribution in [0.25, 0.3) is 0 Å². The Morgan fingerprint density at radius 3 is 2.54 bits per heavy atom. The normalized spacial score (nSPS) is 16.1. The fourth-order valence-corrected chi connectivity index (χ4v) is 2.91. The first-order chi connectivity index (χ1) is 12.5. The van der Waals surface area contributed by atoms with Gasteiger partial charge in [0.1, 0.15) is 11.6 Å². The van der Waals surface area contributed by atoms with E-state index < -0.39 is 0 Å². The smallest absolute Gasteiger partial charge is 0.213 e. The molecule has 0 atom stereocenters. The third kappa shape index (κ3) is 4.33. The molecule has 1 aliphatic heterocycles. The van der Waals surface area contributed by atoms with Gasteiger partial charge in [-0.05, 0) is 12.1 Å². The van der Waals surface area contributed by atoms with Gasteiger partial charge in [0.15, 0.2) is 5.96 Å². The van der Waals surface area contributed by atoms with Crippen LogP contribution in [0.4, 0.5) is 5.82 Å². The Labute approximate surface area is 155 Å². The molecule has 1 N–H and O–H groups in total. The van der Waals surface area contributed by atoms with Gasteiger partial charge in [-0.25, -0.2) is 9.97 Å². The number of piperazine rings is 1. The van der Waals surface area contributed by atoms with Crippen molar-refractivity contribution in [3.8, 4) is 0 Å². The Kier molecular flexibility index (Phi) is 5.44. The highest BCUT2D eigenvalue weighted by molar-refractivity contribution is 5.80. The van der Waals surface area contributed by atoms with Gasteiger partial charge in [0.25, 0.3) is 0 Å². The zero-order chi connectivity index (χ0) is 18.6. The molecule has 1 fully saturated rings. The first-order valence-electron chi connectivity index (χ1n) is 9.04. The molecule has 0 unspecified atom stereocenters. The second kappa shape index (κ2) is 7.76. The summed E-state index contributed by atoms with van der Waals surface area (Å²) in [6, 6.07) is 6.02. The highest BCUT2D eigenvalue weighted by Crippen LogP contribution is 2.22. The Morgan fingerprint density at radius 1 is 1.19 bits per heavy atom. The van der Waals surface area contributed by atoms with Crippen molar-refractivity contribution < 1.29 is 4.42 Å². The zero-order valence-electron chi connectivity index (χ0n) is 16.1. The van der Waals surface area contributed by atoms with Crippen LogP contribution in [0.1, 0.15) is 32.4 Å². The molecule has 0 saturated carbocycles. The molecule has 0 aromatic carbocycles. The summed E-state index contributed by atoms with van der Waals surface area (Å²) in [6.07, 6.45) is 3.65. The summed E-state index contributed by atoms with van der Waals surface area (Å²) in [5.74, 6) is 3.49. The highest BCUT2D eigenvalue weighted by atomic mass is 16.4. The summed E-state index contributed by atoms with van der Waals surface area (Å²) >= 11 is 0. The van der Waals surface area contributed by atoms with Crippen molar-refractivity contribution >= 4 is 11.8 Å². The molecule has 0 amide bonds. The van der Waals surface area contributed by atoms with Crippen molar-refractivity contribution in [3.05, 3.63) is 42.2 Å². The van der Waals surface area contributed by atoms with E-state index in [2.05, 4.69) is 56.9 Å². The second-order valence-corrected chi connectivity index (χ2v) is 7.43. The van der Waals surface area contributed by atoms with E-state index in [-0.39, 0.29) is 5.41 Å². The van der Waals surface area contributed by atoms with Crippen LogP contribution in [0.2, 0.25) is 0 Å². The van der Waals surface area contributed by atoms with Gasteiger partial charge in [-0.15, -0.1) is 0 Å². The number of nitrogens with zero attached hydrogens (tertiary/aromatic N) is 5. The Balaban J connectivity index is 1.53. The van der Waals surface area contributed by atoms with Crippen LogP contribution in [0, 0.1) is 0 Å². The number of aliphatic imine (C=N–C) groups is 1. The van der Waals surface area contributed by atoms with Gasteiger partial charge in [0, 0.05) is 44.8 Å². The molecule has 0 spiro atoms. The highest BCUT2D eigenvalue weighted by Gasteiger charge is 2.22. The summed E-state index contributed by atoms with van der Waals surface area (Å²) < 4.78 is 5.84. The summed E-state index contributed by atoms with van der Waals surface area (Å²) in [6.45, 7) is 10.5. The molecule has 140 valence electrons. The predicted molar refractivity (Wildman–Crippen MR) is 103 cm³/mol. The Hall–Kier alpha value is -2.57. The van der Waals surface area contributed by atoms with Crippen LogP contribution >= 0.6 is 0 Å². The van der Waals surface area contributed by atoms with Gasteiger partial charge in [0.2, 0.25) is 5.89 Å². The van der Waals surface area contributed by atoms with Crippen molar-refractivity contribution in [2.24, 2.45) is 4.99 Å². The lowest BCUT2D eigenvalue weighted by atomic mass is 9.94. The average Bonchev–Trinajstić information content (AvgIpc) is 3.13. The Morgan fingerprint density at radius 2 is 1.96 bits per heavy atom. The standard InChI is InChI=1S/C19H28N6O/c1-19(2,3)15-13-22-17(26-15)14-23-18(20-4)25-11-9-24(10-12-25)16-7-5-6-8-21-16/h5-8,13H,9-12,14H2,1-4H3,(H,20,23). The predicted octanol–water partition coefficient (Wildman–Crippen LogP) is 2.26. The van der Waals surface area contributed by atoms with Gasteiger partial charge in [-0.3, -0.25) is 4.99 Å². The number of guanidine groups is 1. The third-order valence-electron chi connectivity index (χ3n) is 4.45. The molecule has 7 heteroatoms. The second-order valence-electron chi connectivity index (χ2n) is 7.43. The molecule has 0 bridgehead atoms. The first-order valence-corrected chi connectivity index (χ1v) is 9.04. The number of hydrogen-bond donors (Lipinski definition) is 1. The minimum atomic E-state index is -0.0330. The molecule has 1 saturated heterocycles. The van der Waals surface area contributed by atoms with Gasteiger partial charge in [0.05, 0.1) is 12.7 Å². The van der Waals surface area contributed by atoms with Crippen LogP contribution in [-0.2, 0) is 12.0 Å². The Bertz CT molecular complexity index is 726. The SMILES string of the molecule is CN=C(NCc1ncc(C(C)(C)C)o1)N1CCN(c2ccccn2)CC1. The number of nitrogens with one attached hydrogen (secondary N) is 1. The summed E-state index contributed by atoms with van der Waals surface area (Å²) in [7, 11) is 1.81. The van der Waals surface area contributed by atoms with Gasteiger partial charge >= 0.3 is 0 Å². The zero-order valence-corrected chi connectivity index (χ0v) is 16.1. The number of anilines is 1. The van der Waals surface area contributed by atoms with E-state index in [0.29, 0.717) is 12.4 Å². The summed E-state index contributed by atoms with van der Waals surface area (Å²) in [5, 5.41) is 3.36. The third-order valence-corrected chi connectivity index (χ3v) is 4.45. The molecule has 7 nitrogen and oxygen atoms in total. The average molecular weight is 356 g/mol. The molecule has 3 heterocycles. The number of rotatable bonds is 3. The molecular formula is C19H28N6O. The lowest BCUT2D eigenvalue weighted by Gasteiger charge is -2.37. The molecule has 2 aromatic heterocycles. The summed E-state index contributed by atoms with van der Waals surface area (Å²) in [4.78, 5) is 17.8. The van der Waals surface area contributed by atoms with Crippen molar-refractivity contribution in [1.82, 2.24) is 20.2 Å². The molecule has 0 aliphatic carbocycles. The lowest BCUT2D eigenvalue weighted by Crippen LogP contribution is -2.52. The van der Waals surface area contributed by atoms with E-state index in [0.717, 1.165) is 43.7 Å². The van der Waals surface area contributed by atoms with Crippen LogP contribution in [0.5, 0.6) is 0 Å². The van der Waals surface area contributed by atoms with E-state index in [4.69, 9.17) is 4.42 Å². The van der Waals surface area contributed by atoms with Crippen LogP contribution in [0.3, 0.4) is 0 Å². The van der Waals surface area contributed by atoms with Crippen molar-refractivity contribution in [3.63, 3.8) is 0 Å². The topological polar surface area (TPSA) is 69.8 Å². The molecule has 3 rings (SSSR count). The minimum Gasteiger partial charge on any atom is -0.443 e. The van der Waals surface area contributed by atoms with Crippen LogP contribution in [0.15, 0.2) is 40.0 Å². The van der Waals surface area contributed by atoms with E-state index >= 15 is 0 Å².